The van der Waals surface area contributed by atoms with Crippen molar-refractivity contribution in [1.29, 1.82) is 0 Å². The number of pyridine rings is 1. The lowest BCUT2D eigenvalue weighted by molar-refractivity contribution is 0.0119. The fourth-order valence-electron chi connectivity index (χ4n) is 3.78. The van der Waals surface area contributed by atoms with Crippen LogP contribution in [0.25, 0.3) is 0 Å². The van der Waals surface area contributed by atoms with Crippen LogP contribution in [-0.4, -0.2) is 51.2 Å². The van der Waals surface area contributed by atoms with Crippen LogP contribution < -0.4 is 5.32 Å². The van der Waals surface area contributed by atoms with Gasteiger partial charge < -0.3 is 10.1 Å². The zero-order chi connectivity index (χ0) is 16.4. The first kappa shape index (κ1) is 15.5. The number of aromatic nitrogens is 3. The van der Waals surface area contributed by atoms with E-state index in [0.717, 1.165) is 56.3 Å². The van der Waals surface area contributed by atoms with Crippen LogP contribution in [0.5, 0.6) is 0 Å². The third-order valence-corrected chi connectivity index (χ3v) is 4.85. The van der Waals surface area contributed by atoms with Crippen molar-refractivity contribution in [3.63, 3.8) is 0 Å². The lowest BCUT2D eigenvalue weighted by Crippen LogP contribution is -2.33. The Morgan fingerprint density at radius 1 is 1.38 bits per heavy atom. The zero-order valence-corrected chi connectivity index (χ0v) is 14.0. The Balaban J connectivity index is 1.34. The molecule has 2 saturated heterocycles. The molecule has 2 atom stereocenters. The van der Waals surface area contributed by atoms with Crippen LogP contribution in [0.15, 0.2) is 36.8 Å². The molecule has 1 spiro atoms. The van der Waals surface area contributed by atoms with E-state index < -0.39 is 0 Å². The molecule has 6 nitrogen and oxygen atoms in total. The Morgan fingerprint density at radius 2 is 2.33 bits per heavy atom. The van der Waals surface area contributed by atoms with Crippen molar-refractivity contribution < 1.29 is 4.74 Å². The summed E-state index contributed by atoms with van der Waals surface area (Å²) in [6.07, 6.45) is 7.25. The molecule has 0 unspecified atom stereocenters. The van der Waals surface area contributed by atoms with Crippen molar-refractivity contribution in [2.75, 3.05) is 25.0 Å². The maximum Gasteiger partial charge on any atom is 0.144 e. The SMILES string of the molecule is Cc1cccc(CN2CC[C@@]3(C[C@H](Nc4cnccn4)CO3)C2)n1. The lowest BCUT2D eigenvalue weighted by Gasteiger charge is -2.23. The standard InChI is InChI=1S/C18H23N5O/c1-14-3-2-4-15(21-14)11-23-8-5-18(13-23)9-16(12-24-18)22-17-10-19-6-7-20-17/h2-4,6-7,10,16H,5,8-9,11-13H2,1H3,(H,20,22)/t16-,18+/m0/s1. The van der Waals surface area contributed by atoms with Gasteiger partial charge >= 0.3 is 0 Å². The number of nitrogens with zero attached hydrogens (tertiary/aromatic N) is 4. The summed E-state index contributed by atoms with van der Waals surface area (Å²) in [6.45, 7) is 5.70. The highest BCUT2D eigenvalue weighted by atomic mass is 16.5. The molecule has 0 bridgehead atoms. The molecule has 2 aromatic rings. The summed E-state index contributed by atoms with van der Waals surface area (Å²) < 4.78 is 6.21. The quantitative estimate of drug-likeness (QED) is 0.928. The molecule has 0 aliphatic carbocycles. The van der Waals surface area contributed by atoms with E-state index in [1.54, 1.807) is 18.6 Å². The molecule has 2 aromatic heterocycles. The normalized spacial score (nSPS) is 27.0. The summed E-state index contributed by atoms with van der Waals surface area (Å²) in [7, 11) is 0. The molecule has 2 fully saturated rings. The van der Waals surface area contributed by atoms with Crippen LogP contribution in [0.1, 0.15) is 24.2 Å². The van der Waals surface area contributed by atoms with E-state index in [1.807, 2.05) is 13.0 Å². The second-order valence-corrected chi connectivity index (χ2v) is 6.86. The summed E-state index contributed by atoms with van der Waals surface area (Å²) in [5.41, 5.74) is 2.19. The van der Waals surface area contributed by atoms with E-state index >= 15 is 0 Å². The summed E-state index contributed by atoms with van der Waals surface area (Å²) in [5.74, 6) is 0.821. The average molecular weight is 325 g/mol. The summed E-state index contributed by atoms with van der Waals surface area (Å²) >= 11 is 0. The topological polar surface area (TPSA) is 63.2 Å². The van der Waals surface area contributed by atoms with Crippen LogP contribution in [-0.2, 0) is 11.3 Å². The molecule has 1 N–H and O–H groups in total. The Kier molecular flexibility index (Phi) is 4.16. The van der Waals surface area contributed by atoms with Gasteiger partial charge in [-0.3, -0.25) is 14.9 Å². The van der Waals surface area contributed by atoms with E-state index in [0.29, 0.717) is 6.04 Å². The van der Waals surface area contributed by atoms with Crippen LogP contribution >= 0.6 is 0 Å². The molecule has 4 heterocycles. The molecule has 24 heavy (non-hydrogen) atoms. The number of likely N-dealkylation sites (tertiary alicyclic amines) is 1. The molecular weight excluding hydrogens is 302 g/mol. The van der Waals surface area contributed by atoms with Gasteiger partial charge in [-0.1, -0.05) is 6.07 Å². The average Bonchev–Trinajstić information content (AvgIpc) is 3.15. The third kappa shape index (κ3) is 3.39. The van der Waals surface area contributed by atoms with Crippen LogP contribution in [0.2, 0.25) is 0 Å². The number of hydrogen-bond donors (Lipinski definition) is 1. The molecule has 2 aliphatic heterocycles. The second kappa shape index (κ2) is 6.45. The maximum absolute atomic E-state index is 6.21. The van der Waals surface area contributed by atoms with E-state index in [2.05, 4.69) is 37.3 Å². The number of rotatable bonds is 4. The molecule has 0 radical (unpaired) electrons. The van der Waals surface area contributed by atoms with Crippen LogP contribution in [0, 0.1) is 6.92 Å². The number of anilines is 1. The van der Waals surface area contributed by atoms with E-state index in [1.165, 1.54) is 0 Å². The summed E-state index contributed by atoms with van der Waals surface area (Å²) in [6, 6.07) is 6.53. The molecule has 0 aromatic carbocycles. The zero-order valence-electron chi connectivity index (χ0n) is 14.0. The van der Waals surface area contributed by atoms with E-state index in [-0.39, 0.29) is 5.60 Å². The van der Waals surface area contributed by atoms with Gasteiger partial charge in [-0.2, -0.15) is 0 Å². The number of aryl methyl sites for hydroxylation is 1. The number of hydrogen-bond acceptors (Lipinski definition) is 6. The Hall–Kier alpha value is -2.05. The van der Waals surface area contributed by atoms with Gasteiger partial charge in [-0.15, -0.1) is 0 Å². The van der Waals surface area contributed by atoms with Crippen molar-refractivity contribution in [3.8, 4) is 0 Å². The predicted molar refractivity (Wildman–Crippen MR) is 91.6 cm³/mol. The van der Waals surface area contributed by atoms with Gasteiger partial charge in [0.1, 0.15) is 5.82 Å². The van der Waals surface area contributed by atoms with Gasteiger partial charge in [0, 0.05) is 44.1 Å². The predicted octanol–water partition coefficient (Wildman–Crippen LogP) is 2.03. The van der Waals surface area contributed by atoms with Gasteiger partial charge in [0.15, 0.2) is 0 Å². The molecule has 0 amide bonds. The highest BCUT2D eigenvalue weighted by Crippen LogP contribution is 2.36. The lowest BCUT2D eigenvalue weighted by atomic mass is 9.97. The van der Waals surface area contributed by atoms with E-state index in [4.69, 9.17) is 4.74 Å². The molecule has 0 saturated carbocycles. The van der Waals surface area contributed by atoms with Gasteiger partial charge in [-0.05, 0) is 25.5 Å². The van der Waals surface area contributed by atoms with Gasteiger partial charge in [-0.25, -0.2) is 4.98 Å². The van der Waals surface area contributed by atoms with Crippen LogP contribution in [0.3, 0.4) is 0 Å². The summed E-state index contributed by atoms with van der Waals surface area (Å²) in [4.78, 5) is 15.5. The van der Waals surface area contributed by atoms with Crippen molar-refractivity contribution in [2.24, 2.45) is 0 Å². The van der Waals surface area contributed by atoms with Crippen LogP contribution in [0.4, 0.5) is 5.82 Å². The second-order valence-electron chi connectivity index (χ2n) is 6.86. The minimum atomic E-state index is -0.0241. The first-order valence-corrected chi connectivity index (χ1v) is 8.52. The molecule has 2 aliphatic rings. The highest BCUT2D eigenvalue weighted by Gasteiger charge is 2.45. The maximum atomic E-state index is 6.21. The fraction of sp³-hybridized carbons (Fsp3) is 0.500. The Morgan fingerprint density at radius 3 is 3.17 bits per heavy atom. The highest BCUT2D eigenvalue weighted by molar-refractivity contribution is 5.32. The molecule has 4 rings (SSSR count). The minimum Gasteiger partial charge on any atom is -0.371 e. The largest absolute Gasteiger partial charge is 0.371 e. The van der Waals surface area contributed by atoms with Gasteiger partial charge in [0.05, 0.1) is 30.1 Å². The van der Waals surface area contributed by atoms with Gasteiger partial charge in [0.2, 0.25) is 0 Å². The molecular formula is C18H23N5O. The summed E-state index contributed by atoms with van der Waals surface area (Å²) in [5, 5.41) is 3.43. The van der Waals surface area contributed by atoms with Crippen molar-refractivity contribution in [1.82, 2.24) is 19.9 Å². The van der Waals surface area contributed by atoms with Gasteiger partial charge in [0.25, 0.3) is 0 Å². The fourth-order valence-corrected chi connectivity index (χ4v) is 3.78. The van der Waals surface area contributed by atoms with Crippen molar-refractivity contribution in [2.45, 2.75) is 38.0 Å². The third-order valence-electron chi connectivity index (χ3n) is 4.85. The first-order chi connectivity index (χ1) is 11.7. The van der Waals surface area contributed by atoms with Crippen molar-refractivity contribution >= 4 is 5.82 Å². The number of nitrogens with one attached hydrogen (secondary N) is 1. The number of ether oxygens (including phenoxy) is 1. The van der Waals surface area contributed by atoms with Crippen molar-refractivity contribution in [3.05, 3.63) is 48.2 Å². The Bertz CT molecular complexity index is 695. The molecule has 6 heteroatoms. The minimum absolute atomic E-state index is 0.0241. The van der Waals surface area contributed by atoms with E-state index in [9.17, 15) is 0 Å². The first-order valence-electron chi connectivity index (χ1n) is 8.52. The Labute approximate surface area is 142 Å². The molecule has 126 valence electrons. The smallest absolute Gasteiger partial charge is 0.144 e. The monoisotopic (exact) mass is 325 g/mol.